The van der Waals surface area contributed by atoms with Crippen LogP contribution in [-0.2, 0) is 15.0 Å². The summed E-state index contributed by atoms with van der Waals surface area (Å²) in [7, 11) is 0. The van der Waals surface area contributed by atoms with Crippen LogP contribution in [0.1, 0.15) is 44.1 Å². The molecule has 3 rings (SSSR count). The molecule has 1 aromatic rings. The molecule has 1 heterocycles. The number of carbonyl (C=O) groups is 2. The molecular formula is C20H28N2O3. The van der Waals surface area contributed by atoms with Crippen LogP contribution >= 0.6 is 0 Å². The van der Waals surface area contributed by atoms with Gasteiger partial charge in [-0.1, -0.05) is 43.2 Å². The van der Waals surface area contributed by atoms with E-state index < -0.39 is 5.97 Å². The van der Waals surface area contributed by atoms with Crippen molar-refractivity contribution in [1.29, 1.82) is 0 Å². The van der Waals surface area contributed by atoms with E-state index in [9.17, 15) is 9.59 Å². The van der Waals surface area contributed by atoms with Crippen LogP contribution in [-0.4, -0.2) is 48.1 Å². The summed E-state index contributed by atoms with van der Waals surface area (Å²) in [5.74, 6) is -1.08. The second-order valence-corrected chi connectivity index (χ2v) is 7.54. The van der Waals surface area contributed by atoms with Crippen molar-refractivity contribution in [3.8, 4) is 0 Å². The first-order valence-electron chi connectivity index (χ1n) is 9.36. The third-order valence-electron chi connectivity index (χ3n) is 5.79. The zero-order valence-electron chi connectivity index (χ0n) is 14.7. The van der Waals surface area contributed by atoms with Crippen molar-refractivity contribution in [2.45, 2.75) is 43.9 Å². The third kappa shape index (κ3) is 4.40. The lowest BCUT2D eigenvalue weighted by Gasteiger charge is -2.32. The number of piperidine rings is 1. The number of aliphatic carboxylic acids is 1. The number of carboxylic acid groups (broad SMARTS) is 1. The Hall–Kier alpha value is -1.88. The van der Waals surface area contributed by atoms with Crippen molar-refractivity contribution < 1.29 is 14.7 Å². The van der Waals surface area contributed by atoms with E-state index in [1.54, 1.807) is 0 Å². The van der Waals surface area contributed by atoms with Gasteiger partial charge in [0.2, 0.25) is 5.91 Å². The van der Waals surface area contributed by atoms with E-state index in [-0.39, 0.29) is 17.2 Å². The van der Waals surface area contributed by atoms with Gasteiger partial charge in [-0.05, 0) is 37.8 Å². The monoisotopic (exact) mass is 344 g/mol. The average molecular weight is 344 g/mol. The fraction of sp³-hybridized carbons (Fsp3) is 0.600. The number of carboxylic acids is 1. The lowest BCUT2D eigenvalue weighted by molar-refractivity contribution is -0.144. The Kier molecular flexibility index (Phi) is 5.74. The Balaban J connectivity index is 1.55. The predicted octanol–water partition coefficient (Wildman–Crippen LogP) is 2.41. The maximum atomic E-state index is 12.4. The highest BCUT2D eigenvalue weighted by atomic mass is 16.4. The molecule has 2 aliphatic rings. The minimum atomic E-state index is -0.751. The van der Waals surface area contributed by atoms with E-state index in [0.717, 1.165) is 25.8 Å². The normalized spacial score (nSPS) is 23.3. The van der Waals surface area contributed by atoms with Crippen LogP contribution < -0.4 is 5.32 Å². The Morgan fingerprint density at radius 1 is 1.16 bits per heavy atom. The molecule has 2 N–H and O–H groups in total. The lowest BCUT2D eigenvalue weighted by Crippen LogP contribution is -2.46. The highest BCUT2D eigenvalue weighted by Gasteiger charge is 2.36. The van der Waals surface area contributed by atoms with Gasteiger partial charge in [-0.25, -0.2) is 0 Å². The summed E-state index contributed by atoms with van der Waals surface area (Å²) in [5, 5.41) is 12.3. The summed E-state index contributed by atoms with van der Waals surface area (Å²) in [6, 6.07) is 10.5. The van der Waals surface area contributed by atoms with Crippen LogP contribution in [0, 0.1) is 5.92 Å². The number of amides is 1. The minimum Gasteiger partial charge on any atom is -0.481 e. The summed E-state index contributed by atoms with van der Waals surface area (Å²) in [6.07, 6.45) is 6.20. The molecule has 0 spiro atoms. The van der Waals surface area contributed by atoms with E-state index in [0.29, 0.717) is 26.1 Å². The molecule has 2 fully saturated rings. The first-order valence-corrected chi connectivity index (χ1v) is 9.36. The van der Waals surface area contributed by atoms with Gasteiger partial charge in [0, 0.05) is 18.5 Å². The number of nitrogens with zero attached hydrogens (tertiary/aromatic N) is 1. The van der Waals surface area contributed by atoms with Crippen LogP contribution in [0.5, 0.6) is 0 Å². The number of hydrogen-bond donors (Lipinski definition) is 2. The Morgan fingerprint density at radius 3 is 2.56 bits per heavy atom. The molecule has 1 saturated carbocycles. The number of carbonyl (C=O) groups excluding carboxylic acids is 1. The van der Waals surface area contributed by atoms with Crippen molar-refractivity contribution in [2.24, 2.45) is 5.92 Å². The smallest absolute Gasteiger partial charge is 0.307 e. The maximum Gasteiger partial charge on any atom is 0.307 e. The molecule has 25 heavy (non-hydrogen) atoms. The van der Waals surface area contributed by atoms with Gasteiger partial charge in [0.15, 0.2) is 0 Å². The van der Waals surface area contributed by atoms with Crippen LogP contribution in [0.25, 0.3) is 0 Å². The van der Waals surface area contributed by atoms with Crippen molar-refractivity contribution >= 4 is 11.9 Å². The number of benzene rings is 1. The van der Waals surface area contributed by atoms with Crippen molar-refractivity contribution in [2.75, 3.05) is 26.2 Å². The van der Waals surface area contributed by atoms with E-state index in [4.69, 9.17) is 5.11 Å². The minimum absolute atomic E-state index is 0.00763. The first kappa shape index (κ1) is 17.9. The van der Waals surface area contributed by atoms with Gasteiger partial charge >= 0.3 is 5.97 Å². The molecular weight excluding hydrogens is 316 g/mol. The number of hydrogen-bond acceptors (Lipinski definition) is 3. The Labute approximate surface area is 149 Å². The summed E-state index contributed by atoms with van der Waals surface area (Å²) in [4.78, 5) is 25.5. The SMILES string of the molecule is O=C(CN1CCCC(C(=O)O)C1)NCC1(c2ccccc2)CCCC1. The van der Waals surface area contributed by atoms with Gasteiger partial charge in [-0.2, -0.15) is 0 Å². The second kappa shape index (κ2) is 8.00. The maximum absolute atomic E-state index is 12.4. The van der Waals surface area contributed by atoms with Crippen LogP contribution in [0.4, 0.5) is 0 Å². The van der Waals surface area contributed by atoms with E-state index in [1.165, 1.54) is 18.4 Å². The van der Waals surface area contributed by atoms with Gasteiger partial charge in [0.1, 0.15) is 0 Å². The molecule has 1 unspecified atom stereocenters. The standard InChI is InChI=1S/C20H28N2O3/c23-18(14-22-12-6-7-16(13-22)19(24)25)21-15-20(10-4-5-11-20)17-8-2-1-3-9-17/h1-3,8-9,16H,4-7,10-15H2,(H,21,23)(H,24,25). The molecule has 1 atom stereocenters. The number of likely N-dealkylation sites (tertiary alicyclic amines) is 1. The zero-order valence-corrected chi connectivity index (χ0v) is 14.7. The number of rotatable bonds is 6. The van der Waals surface area contributed by atoms with Crippen LogP contribution in [0.2, 0.25) is 0 Å². The summed E-state index contributed by atoms with van der Waals surface area (Å²) >= 11 is 0. The largest absolute Gasteiger partial charge is 0.481 e. The molecule has 0 bridgehead atoms. The highest BCUT2D eigenvalue weighted by Crippen LogP contribution is 2.40. The van der Waals surface area contributed by atoms with Crippen LogP contribution in [0.3, 0.4) is 0 Å². The van der Waals surface area contributed by atoms with Gasteiger partial charge in [0.05, 0.1) is 12.5 Å². The molecule has 1 aliphatic carbocycles. The summed E-state index contributed by atoms with van der Waals surface area (Å²) < 4.78 is 0. The van der Waals surface area contributed by atoms with Crippen molar-refractivity contribution in [3.63, 3.8) is 0 Å². The Morgan fingerprint density at radius 2 is 1.88 bits per heavy atom. The molecule has 1 amide bonds. The topological polar surface area (TPSA) is 69.6 Å². The fourth-order valence-electron chi connectivity index (χ4n) is 4.34. The summed E-state index contributed by atoms with van der Waals surface area (Å²) in [5.41, 5.74) is 1.37. The quantitative estimate of drug-likeness (QED) is 0.831. The lowest BCUT2D eigenvalue weighted by atomic mass is 9.79. The second-order valence-electron chi connectivity index (χ2n) is 7.54. The summed E-state index contributed by atoms with van der Waals surface area (Å²) in [6.45, 7) is 2.26. The molecule has 5 heteroatoms. The predicted molar refractivity (Wildman–Crippen MR) is 96.4 cm³/mol. The Bertz CT molecular complexity index is 596. The van der Waals surface area contributed by atoms with Gasteiger partial charge < -0.3 is 10.4 Å². The molecule has 0 aromatic heterocycles. The van der Waals surface area contributed by atoms with Gasteiger partial charge in [-0.15, -0.1) is 0 Å². The molecule has 0 radical (unpaired) electrons. The van der Waals surface area contributed by atoms with Crippen molar-refractivity contribution in [3.05, 3.63) is 35.9 Å². The van der Waals surface area contributed by atoms with E-state index in [1.807, 2.05) is 11.0 Å². The van der Waals surface area contributed by atoms with E-state index >= 15 is 0 Å². The zero-order chi connectivity index (χ0) is 17.7. The van der Waals surface area contributed by atoms with Crippen LogP contribution in [0.15, 0.2) is 30.3 Å². The van der Waals surface area contributed by atoms with Crippen molar-refractivity contribution in [1.82, 2.24) is 10.2 Å². The average Bonchev–Trinajstić information content (AvgIpc) is 3.11. The van der Waals surface area contributed by atoms with Gasteiger partial charge in [-0.3, -0.25) is 14.5 Å². The third-order valence-corrected chi connectivity index (χ3v) is 5.79. The molecule has 1 saturated heterocycles. The number of nitrogens with one attached hydrogen (secondary N) is 1. The fourth-order valence-corrected chi connectivity index (χ4v) is 4.34. The molecule has 5 nitrogen and oxygen atoms in total. The van der Waals surface area contributed by atoms with Gasteiger partial charge in [0.25, 0.3) is 0 Å². The highest BCUT2D eigenvalue weighted by molar-refractivity contribution is 5.78. The molecule has 136 valence electrons. The van der Waals surface area contributed by atoms with E-state index in [2.05, 4.69) is 29.6 Å². The first-order chi connectivity index (χ1) is 12.1. The molecule has 1 aliphatic heterocycles. The molecule has 1 aromatic carbocycles.